The maximum atomic E-state index is 13.4. The van der Waals surface area contributed by atoms with E-state index in [4.69, 9.17) is 4.74 Å². The fourth-order valence-corrected chi connectivity index (χ4v) is 1.84. The van der Waals surface area contributed by atoms with Crippen LogP contribution in [0.2, 0.25) is 0 Å². The van der Waals surface area contributed by atoms with Gasteiger partial charge in [-0.05, 0) is 24.3 Å². The summed E-state index contributed by atoms with van der Waals surface area (Å²) in [4.78, 5) is 12.0. The average molecular weight is 256 g/mol. The van der Waals surface area contributed by atoms with E-state index in [-0.39, 0.29) is 5.56 Å². The number of esters is 1. The van der Waals surface area contributed by atoms with Crippen LogP contribution in [-0.2, 0) is 0 Å². The van der Waals surface area contributed by atoms with E-state index < -0.39 is 11.8 Å². The van der Waals surface area contributed by atoms with Gasteiger partial charge in [-0.1, -0.05) is 18.2 Å². The van der Waals surface area contributed by atoms with Crippen molar-refractivity contribution in [1.29, 1.82) is 0 Å². The number of carbonyl (C=O) groups excluding carboxylic acids is 1. The lowest BCUT2D eigenvalue weighted by molar-refractivity contribution is 0.0736. The quantitative estimate of drug-likeness (QED) is 0.566. The molecule has 3 aromatic rings. The smallest absolute Gasteiger partial charge is 0.344 e. The third-order valence-electron chi connectivity index (χ3n) is 2.70. The molecule has 0 saturated carbocycles. The molecule has 2 aromatic carbocycles. The number of hydrogen-bond acceptors (Lipinski definition) is 3. The molecule has 0 aliphatic carbocycles. The minimum Gasteiger partial charge on any atom is -0.423 e. The first kappa shape index (κ1) is 11.4. The molecule has 0 amide bonds. The van der Waals surface area contributed by atoms with Gasteiger partial charge in [-0.3, -0.25) is 5.10 Å². The van der Waals surface area contributed by atoms with Crippen LogP contribution in [0.3, 0.4) is 0 Å². The van der Waals surface area contributed by atoms with E-state index in [1.54, 1.807) is 24.3 Å². The number of fused-ring (bicyclic) bond motifs is 1. The van der Waals surface area contributed by atoms with Gasteiger partial charge in [0.2, 0.25) is 0 Å². The van der Waals surface area contributed by atoms with E-state index >= 15 is 0 Å². The van der Waals surface area contributed by atoms with Crippen LogP contribution in [0.1, 0.15) is 10.4 Å². The van der Waals surface area contributed by atoms with Crippen molar-refractivity contribution >= 4 is 16.9 Å². The van der Waals surface area contributed by atoms with Gasteiger partial charge in [0.1, 0.15) is 11.6 Å². The van der Waals surface area contributed by atoms with Crippen molar-refractivity contribution in [3.05, 3.63) is 60.0 Å². The highest BCUT2D eigenvalue weighted by molar-refractivity contribution is 6.04. The van der Waals surface area contributed by atoms with Crippen molar-refractivity contribution in [1.82, 2.24) is 10.2 Å². The third-order valence-corrected chi connectivity index (χ3v) is 2.70. The summed E-state index contributed by atoms with van der Waals surface area (Å²) in [5, 5.41) is 6.94. The normalized spacial score (nSPS) is 10.6. The first-order valence-corrected chi connectivity index (χ1v) is 5.64. The monoisotopic (exact) mass is 256 g/mol. The Morgan fingerprint density at radius 3 is 2.79 bits per heavy atom. The molecular weight excluding hydrogens is 247 g/mol. The molecule has 0 unspecified atom stereocenters. The number of carbonyl (C=O) groups is 1. The van der Waals surface area contributed by atoms with E-state index in [0.717, 1.165) is 6.07 Å². The lowest BCUT2D eigenvalue weighted by Gasteiger charge is -2.05. The first-order valence-electron chi connectivity index (χ1n) is 5.64. The second kappa shape index (κ2) is 4.53. The van der Waals surface area contributed by atoms with Gasteiger partial charge in [-0.15, -0.1) is 0 Å². The van der Waals surface area contributed by atoms with Crippen molar-refractivity contribution in [3.63, 3.8) is 0 Å². The number of nitrogens with zero attached hydrogens (tertiary/aromatic N) is 1. The van der Waals surface area contributed by atoms with E-state index in [0.29, 0.717) is 16.7 Å². The van der Waals surface area contributed by atoms with Gasteiger partial charge < -0.3 is 4.74 Å². The molecule has 1 aromatic heterocycles. The molecule has 0 spiro atoms. The van der Waals surface area contributed by atoms with Gasteiger partial charge in [0.15, 0.2) is 0 Å². The summed E-state index contributed by atoms with van der Waals surface area (Å²) < 4.78 is 18.6. The summed E-state index contributed by atoms with van der Waals surface area (Å²) >= 11 is 0. The molecule has 0 aliphatic rings. The molecule has 1 N–H and O–H groups in total. The number of aromatic amines is 1. The lowest BCUT2D eigenvalue weighted by atomic mass is 10.1. The van der Waals surface area contributed by atoms with E-state index in [1.807, 2.05) is 6.07 Å². The summed E-state index contributed by atoms with van der Waals surface area (Å²) in [6, 6.07) is 11.1. The topological polar surface area (TPSA) is 55.0 Å². The van der Waals surface area contributed by atoms with Crippen LogP contribution in [0.5, 0.6) is 5.75 Å². The minimum absolute atomic E-state index is 0.146. The molecule has 19 heavy (non-hydrogen) atoms. The van der Waals surface area contributed by atoms with Crippen LogP contribution in [0.4, 0.5) is 4.39 Å². The summed E-state index contributed by atoms with van der Waals surface area (Å²) in [7, 11) is 0. The number of ether oxygens (including phenoxy) is 1. The Bertz CT molecular complexity index is 738. The van der Waals surface area contributed by atoms with E-state index in [9.17, 15) is 9.18 Å². The Kier molecular flexibility index (Phi) is 2.72. The van der Waals surface area contributed by atoms with Gasteiger partial charge in [0.25, 0.3) is 0 Å². The number of para-hydroxylation sites is 1. The maximum Gasteiger partial charge on any atom is 0.344 e. The molecule has 0 saturated heterocycles. The number of H-pyrrole nitrogens is 1. The molecule has 5 heteroatoms. The van der Waals surface area contributed by atoms with Crippen molar-refractivity contribution in [3.8, 4) is 5.75 Å². The second-order valence-corrected chi connectivity index (χ2v) is 3.99. The van der Waals surface area contributed by atoms with Crippen molar-refractivity contribution in [2.75, 3.05) is 0 Å². The highest BCUT2D eigenvalue weighted by Crippen LogP contribution is 2.20. The van der Waals surface area contributed by atoms with Crippen LogP contribution in [-0.4, -0.2) is 16.2 Å². The molecule has 94 valence electrons. The first-order chi connectivity index (χ1) is 9.24. The molecule has 0 bridgehead atoms. The number of nitrogens with one attached hydrogen (secondary N) is 1. The number of hydrogen-bond donors (Lipinski definition) is 1. The highest BCUT2D eigenvalue weighted by atomic mass is 19.1. The summed E-state index contributed by atoms with van der Waals surface area (Å²) in [6.45, 7) is 0. The van der Waals surface area contributed by atoms with E-state index in [2.05, 4.69) is 10.2 Å². The predicted octanol–water partition coefficient (Wildman–Crippen LogP) is 2.92. The maximum absolute atomic E-state index is 13.4. The van der Waals surface area contributed by atoms with Crippen molar-refractivity contribution < 1.29 is 13.9 Å². The molecule has 4 nitrogen and oxygen atoms in total. The fourth-order valence-electron chi connectivity index (χ4n) is 1.84. The predicted molar refractivity (Wildman–Crippen MR) is 67.5 cm³/mol. The molecule has 0 radical (unpaired) electrons. The number of benzene rings is 2. The van der Waals surface area contributed by atoms with Crippen LogP contribution >= 0.6 is 0 Å². The minimum atomic E-state index is -0.614. The second-order valence-electron chi connectivity index (χ2n) is 3.99. The van der Waals surface area contributed by atoms with Gasteiger partial charge in [-0.25, -0.2) is 9.18 Å². The highest BCUT2D eigenvalue weighted by Gasteiger charge is 2.15. The Morgan fingerprint density at radius 1 is 1.21 bits per heavy atom. The van der Waals surface area contributed by atoms with Gasteiger partial charge >= 0.3 is 5.97 Å². The largest absolute Gasteiger partial charge is 0.423 e. The third kappa shape index (κ3) is 2.18. The summed E-state index contributed by atoms with van der Waals surface area (Å²) in [5.74, 6) is -0.720. The molecule has 0 atom stereocenters. The van der Waals surface area contributed by atoms with Gasteiger partial charge in [0.05, 0.1) is 17.3 Å². The zero-order chi connectivity index (χ0) is 13.2. The number of rotatable bonds is 2. The molecule has 0 fully saturated rings. The number of aromatic nitrogens is 2. The van der Waals surface area contributed by atoms with E-state index in [1.165, 1.54) is 12.3 Å². The number of halogens is 1. The Labute approximate surface area is 107 Å². The van der Waals surface area contributed by atoms with Gasteiger partial charge in [-0.2, -0.15) is 5.10 Å². The molecular formula is C14H9FN2O2. The van der Waals surface area contributed by atoms with Crippen molar-refractivity contribution in [2.24, 2.45) is 0 Å². The standard InChI is InChI=1S/C14H9FN2O2/c15-9-6-11(12-8-16-17-13(12)7-9)14(18)19-10-4-2-1-3-5-10/h1-8H,(H,16,17). The molecule has 0 aliphatic heterocycles. The van der Waals surface area contributed by atoms with Crippen LogP contribution in [0, 0.1) is 5.82 Å². The van der Waals surface area contributed by atoms with Crippen molar-refractivity contribution in [2.45, 2.75) is 0 Å². The van der Waals surface area contributed by atoms with Crippen LogP contribution in [0.25, 0.3) is 10.9 Å². The molecule has 1 heterocycles. The Morgan fingerprint density at radius 2 is 2.00 bits per heavy atom. The van der Waals surface area contributed by atoms with Crippen LogP contribution < -0.4 is 4.74 Å². The zero-order valence-corrected chi connectivity index (χ0v) is 9.76. The molecule has 3 rings (SSSR count). The summed E-state index contributed by atoms with van der Waals surface area (Å²) in [5.41, 5.74) is 0.604. The summed E-state index contributed by atoms with van der Waals surface area (Å²) in [6.07, 6.45) is 1.47. The SMILES string of the molecule is O=C(Oc1ccccc1)c1cc(F)cc2[nH]ncc12. The van der Waals surface area contributed by atoms with Crippen LogP contribution in [0.15, 0.2) is 48.7 Å². The Balaban J connectivity index is 2.00. The average Bonchev–Trinajstić information content (AvgIpc) is 2.86. The van der Waals surface area contributed by atoms with Gasteiger partial charge in [0, 0.05) is 5.39 Å². The fraction of sp³-hybridized carbons (Fsp3) is 0. The Hall–Kier alpha value is -2.69. The lowest BCUT2D eigenvalue weighted by Crippen LogP contribution is -2.09. The zero-order valence-electron chi connectivity index (χ0n) is 9.76.